The summed E-state index contributed by atoms with van der Waals surface area (Å²) in [4.78, 5) is 0. The zero-order valence-electron chi connectivity index (χ0n) is 7.72. The minimum Gasteiger partial charge on any atom is -0.313 e. The van der Waals surface area contributed by atoms with Gasteiger partial charge in [0.05, 0.1) is 0 Å². The summed E-state index contributed by atoms with van der Waals surface area (Å²) in [5.74, 6) is 0. The van der Waals surface area contributed by atoms with Crippen molar-refractivity contribution < 1.29 is 0 Å². The second-order valence-corrected chi connectivity index (χ2v) is 2.51. The molecule has 0 aromatic heterocycles. The van der Waals surface area contributed by atoms with Crippen LogP contribution < -0.4 is 5.32 Å². The van der Waals surface area contributed by atoms with Gasteiger partial charge < -0.3 is 10.7 Å². The first-order chi connectivity index (χ1) is 5.91. The maximum atomic E-state index is 6.73. The zero-order valence-corrected chi connectivity index (χ0v) is 7.72. The SMILES string of the molecule is CCCNC/C=C\C/C=C/C=N. The summed E-state index contributed by atoms with van der Waals surface area (Å²) in [6, 6.07) is 0. The van der Waals surface area contributed by atoms with Crippen molar-refractivity contribution in [3.63, 3.8) is 0 Å². The summed E-state index contributed by atoms with van der Waals surface area (Å²) in [5, 5.41) is 10.00. The van der Waals surface area contributed by atoms with Crippen LogP contribution in [0.1, 0.15) is 19.8 Å². The number of hydrogen-bond acceptors (Lipinski definition) is 2. The van der Waals surface area contributed by atoms with E-state index in [0.29, 0.717) is 0 Å². The molecule has 0 saturated carbocycles. The third kappa shape index (κ3) is 9.11. The van der Waals surface area contributed by atoms with Crippen LogP contribution in [0.5, 0.6) is 0 Å². The fourth-order valence-corrected chi connectivity index (χ4v) is 0.767. The molecule has 0 unspecified atom stereocenters. The molecule has 0 saturated heterocycles. The molecule has 0 aliphatic rings. The maximum absolute atomic E-state index is 6.73. The van der Waals surface area contributed by atoms with Gasteiger partial charge in [-0.3, -0.25) is 0 Å². The van der Waals surface area contributed by atoms with Gasteiger partial charge >= 0.3 is 0 Å². The summed E-state index contributed by atoms with van der Waals surface area (Å²) in [5.41, 5.74) is 0. The van der Waals surface area contributed by atoms with Crippen molar-refractivity contribution in [2.45, 2.75) is 19.8 Å². The molecule has 0 aromatic carbocycles. The lowest BCUT2D eigenvalue weighted by molar-refractivity contribution is 0.728. The predicted octanol–water partition coefficient (Wildman–Crippen LogP) is 2.14. The highest BCUT2D eigenvalue weighted by Gasteiger charge is 1.77. The minimum atomic E-state index is 0.920. The Morgan fingerprint density at radius 1 is 1.25 bits per heavy atom. The van der Waals surface area contributed by atoms with E-state index in [-0.39, 0.29) is 0 Å². The second kappa shape index (κ2) is 10.1. The molecule has 0 aliphatic heterocycles. The molecule has 0 aliphatic carbocycles. The van der Waals surface area contributed by atoms with Crippen LogP contribution in [0.15, 0.2) is 24.3 Å². The molecule has 2 N–H and O–H groups in total. The Kier molecular flexibility index (Phi) is 9.36. The molecule has 0 heterocycles. The van der Waals surface area contributed by atoms with Gasteiger partial charge in [0.25, 0.3) is 0 Å². The van der Waals surface area contributed by atoms with E-state index < -0.39 is 0 Å². The van der Waals surface area contributed by atoms with Crippen LogP contribution in [-0.4, -0.2) is 19.3 Å². The second-order valence-electron chi connectivity index (χ2n) is 2.51. The standard InChI is InChI=1S/C10H18N2/c1-2-9-12-10-7-5-3-4-6-8-11/h4-8,11-12H,2-3,9-10H2,1H3/b6-4+,7-5-,11-8?. The topological polar surface area (TPSA) is 35.9 Å². The Morgan fingerprint density at radius 3 is 2.75 bits per heavy atom. The van der Waals surface area contributed by atoms with Crippen molar-refractivity contribution in [3.05, 3.63) is 24.3 Å². The van der Waals surface area contributed by atoms with E-state index in [9.17, 15) is 0 Å². The van der Waals surface area contributed by atoms with Gasteiger partial charge in [-0.05, 0) is 25.5 Å². The van der Waals surface area contributed by atoms with Gasteiger partial charge in [-0.15, -0.1) is 0 Å². The molecule has 0 rings (SSSR count). The molecule has 0 bridgehead atoms. The van der Waals surface area contributed by atoms with E-state index in [2.05, 4.69) is 24.4 Å². The van der Waals surface area contributed by atoms with Crippen LogP contribution in [0.3, 0.4) is 0 Å². The lowest BCUT2D eigenvalue weighted by Crippen LogP contribution is -2.13. The highest BCUT2D eigenvalue weighted by molar-refractivity contribution is 5.67. The molecule has 0 amide bonds. The van der Waals surface area contributed by atoms with Crippen molar-refractivity contribution in [2.24, 2.45) is 0 Å². The largest absolute Gasteiger partial charge is 0.313 e. The quantitative estimate of drug-likeness (QED) is 0.339. The smallest absolute Gasteiger partial charge is 0.0174 e. The molecule has 0 spiro atoms. The Hall–Kier alpha value is -0.890. The maximum Gasteiger partial charge on any atom is 0.0174 e. The Balaban J connectivity index is 3.14. The number of hydrogen-bond donors (Lipinski definition) is 2. The van der Waals surface area contributed by atoms with Crippen LogP contribution in [0.25, 0.3) is 0 Å². The monoisotopic (exact) mass is 166 g/mol. The number of nitrogens with one attached hydrogen (secondary N) is 2. The lowest BCUT2D eigenvalue weighted by Gasteiger charge is -1.94. The molecular formula is C10H18N2. The Labute approximate surface area is 74.9 Å². The van der Waals surface area contributed by atoms with Crippen LogP contribution in [0, 0.1) is 5.41 Å². The van der Waals surface area contributed by atoms with Gasteiger partial charge in [0, 0.05) is 12.8 Å². The summed E-state index contributed by atoms with van der Waals surface area (Å²) in [6.07, 6.45) is 11.3. The highest BCUT2D eigenvalue weighted by atomic mass is 14.8. The molecule has 68 valence electrons. The van der Waals surface area contributed by atoms with Crippen LogP contribution in [-0.2, 0) is 0 Å². The van der Waals surface area contributed by atoms with Crippen molar-refractivity contribution in [1.29, 1.82) is 5.41 Å². The highest BCUT2D eigenvalue weighted by Crippen LogP contribution is 1.83. The van der Waals surface area contributed by atoms with Crippen LogP contribution >= 0.6 is 0 Å². The van der Waals surface area contributed by atoms with E-state index >= 15 is 0 Å². The third-order valence-corrected chi connectivity index (χ3v) is 1.36. The average Bonchev–Trinajstić information content (AvgIpc) is 2.10. The molecule has 0 aromatic rings. The van der Waals surface area contributed by atoms with Gasteiger partial charge in [0.1, 0.15) is 0 Å². The summed E-state index contributed by atoms with van der Waals surface area (Å²) < 4.78 is 0. The minimum absolute atomic E-state index is 0.920. The molecule has 0 radical (unpaired) electrons. The van der Waals surface area contributed by atoms with Gasteiger partial charge in [-0.1, -0.05) is 25.2 Å². The van der Waals surface area contributed by atoms with Crippen LogP contribution in [0.2, 0.25) is 0 Å². The summed E-state index contributed by atoms with van der Waals surface area (Å²) >= 11 is 0. The van der Waals surface area contributed by atoms with Crippen molar-refractivity contribution in [2.75, 3.05) is 13.1 Å². The van der Waals surface area contributed by atoms with Gasteiger partial charge in [-0.2, -0.15) is 0 Å². The van der Waals surface area contributed by atoms with E-state index in [4.69, 9.17) is 5.41 Å². The first-order valence-electron chi connectivity index (χ1n) is 4.43. The predicted molar refractivity (Wildman–Crippen MR) is 54.8 cm³/mol. The molecule has 12 heavy (non-hydrogen) atoms. The van der Waals surface area contributed by atoms with E-state index in [1.165, 1.54) is 12.6 Å². The summed E-state index contributed by atoms with van der Waals surface area (Å²) in [7, 11) is 0. The first-order valence-corrected chi connectivity index (χ1v) is 4.43. The zero-order chi connectivity index (χ0) is 9.07. The normalized spacial score (nSPS) is 11.4. The fraction of sp³-hybridized carbons (Fsp3) is 0.500. The fourth-order valence-electron chi connectivity index (χ4n) is 0.767. The Bertz CT molecular complexity index is 148. The van der Waals surface area contributed by atoms with E-state index in [1.54, 1.807) is 6.08 Å². The van der Waals surface area contributed by atoms with Crippen molar-refractivity contribution in [1.82, 2.24) is 5.32 Å². The summed E-state index contributed by atoms with van der Waals surface area (Å²) in [6.45, 7) is 4.19. The lowest BCUT2D eigenvalue weighted by atomic mass is 10.3. The molecule has 0 atom stereocenters. The first kappa shape index (κ1) is 11.1. The third-order valence-electron chi connectivity index (χ3n) is 1.36. The van der Waals surface area contributed by atoms with Gasteiger partial charge in [-0.25, -0.2) is 0 Å². The van der Waals surface area contributed by atoms with E-state index in [1.807, 2.05) is 6.08 Å². The van der Waals surface area contributed by atoms with Gasteiger partial charge in [0.2, 0.25) is 0 Å². The molecule has 0 fully saturated rings. The molecular weight excluding hydrogens is 148 g/mol. The Morgan fingerprint density at radius 2 is 2.08 bits per heavy atom. The average molecular weight is 166 g/mol. The van der Waals surface area contributed by atoms with Crippen molar-refractivity contribution in [3.8, 4) is 0 Å². The number of allylic oxidation sites excluding steroid dienone is 3. The molecule has 2 heteroatoms. The van der Waals surface area contributed by atoms with Crippen LogP contribution in [0.4, 0.5) is 0 Å². The van der Waals surface area contributed by atoms with Gasteiger partial charge in [0.15, 0.2) is 0 Å². The van der Waals surface area contributed by atoms with E-state index in [0.717, 1.165) is 19.5 Å². The molecule has 2 nitrogen and oxygen atoms in total. The van der Waals surface area contributed by atoms with Crippen molar-refractivity contribution >= 4 is 6.21 Å². The number of rotatable bonds is 7.